The Morgan fingerprint density at radius 3 is 2.76 bits per heavy atom. The van der Waals surface area contributed by atoms with Gasteiger partial charge in [0.15, 0.2) is 5.76 Å². The maximum Gasteiger partial charge on any atom is 0.334 e. The standard InChI is InChI=1S/C20H26O5/c1-6-11(2)18(22)25-17-14-12(3)10-24-16(14)15(21)13-8-7-9-19(4,23)20(13,17)5/h6,10,13,17,23H,7-9H2,1-5H3. The van der Waals surface area contributed by atoms with E-state index in [2.05, 4.69) is 0 Å². The number of carbonyl (C=O) groups is 2. The van der Waals surface area contributed by atoms with Crippen molar-refractivity contribution in [3.05, 3.63) is 34.8 Å². The summed E-state index contributed by atoms with van der Waals surface area (Å²) >= 11 is 0. The Morgan fingerprint density at radius 2 is 2.12 bits per heavy atom. The number of rotatable bonds is 2. The third kappa shape index (κ3) is 2.40. The number of hydrogen-bond donors (Lipinski definition) is 1. The van der Waals surface area contributed by atoms with E-state index < -0.39 is 29.0 Å². The van der Waals surface area contributed by atoms with Crippen molar-refractivity contribution in [2.24, 2.45) is 11.3 Å². The van der Waals surface area contributed by atoms with Gasteiger partial charge in [0.1, 0.15) is 6.10 Å². The van der Waals surface area contributed by atoms with Crippen LogP contribution in [0.3, 0.4) is 0 Å². The van der Waals surface area contributed by atoms with Crippen LogP contribution < -0.4 is 0 Å². The van der Waals surface area contributed by atoms with Crippen LogP contribution in [0.25, 0.3) is 0 Å². The van der Waals surface area contributed by atoms with Crippen molar-refractivity contribution in [2.45, 2.75) is 65.6 Å². The van der Waals surface area contributed by atoms with Crippen LogP contribution in [-0.4, -0.2) is 22.5 Å². The topological polar surface area (TPSA) is 76.7 Å². The van der Waals surface area contributed by atoms with Crippen LogP contribution in [0.1, 0.15) is 74.7 Å². The number of Topliss-reactive ketones (excluding diaryl/α,β-unsaturated/α-hetero) is 1. The van der Waals surface area contributed by atoms with Crippen molar-refractivity contribution in [3.63, 3.8) is 0 Å². The first-order valence-corrected chi connectivity index (χ1v) is 8.83. The minimum atomic E-state index is -1.12. The molecule has 1 aromatic rings. The Labute approximate surface area is 148 Å². The van der Waals surface area contributed by atoms with Crippen LogP contribution in [-0.2, 0) is 9.53 Å². The van der Waals surface area contributed by atoms with Gasteiger partial charge in [-0.25, -0.2) is 4.79 Å². The zero-order valence-electron chi connectivity index (χ0n) is 15.5. The van der Waals surface area contributed by atoms with E-state index in [4.69, 9.17) is 9.15 Å². The first kappa shape index (κ1) is 17.9. The SMILES string of the molecule is CC=C(C)C(=O)OC1c2c(C)coc2C(=O)C2CCCC(C)(O)C21C. The summed E-state index contributed by atoms with van der Waals surface area (Å²) in [6.07, 6.45) is 4.47. The first-order valence-electron chi connectivity index (χ1n) is 8.83. The number of esters is 1. The number of furan rings is 1. The minimum Gasteiger partial charge on any atom is -0.461 e. The molecule has 0 radical (unpaired) electrons. The fraction of sp³-hybridized carbons (Fsp3) is 0.600. The number of hydrogen-bond acceptors (Lipinski definition) is 5. The number of aliphatic hydroxyl groups is 1. The molecule has 0 spiro atoms. The molecule has 4 atom stereocenters. The summed E-state index contributed by atoms with van der Waals surface area (Å²) in [7, 11) is 0. The van der Waals surface area contributed by atoms with E-state index in [1.54, 1.807) is 26.8 Å². The molecule has 2 aliphatic carbocycles. The van der Waals surface area contributed by atoms with Gasteiger partial charge in [-0.2, -0.15) is 0 Å². The third-order valence-electron chi connectivity index (χ3n) is 6.39. The highest BCUT2D eigenvalue weighted by atomic mass is 16.5. The maximum atomic E-state index is 13.0. The second-order valence-electron chi connectivity index (χ2n) is 7.78. The predicted octanol–water partition coefficient (Wildman–Crippen LogP) is 3.89. The predicted molar refractivity (Wildman–Crippen MR) is 92.1 cm³/mol. The summed E-state index contributed by atoms with van der Waals surface area (Å²) in [5.74, 6) is -0.693. The van der Waals surface area contributed by atoms with Gasteiger partial charge in [-0.15, -0.1) is 0 Å². The molecule has 1 fully saturated rings. The average Bonchev–Trinajstić information content (AvgIpc) is 2.94. The number of ketones is 1. The molecule has 1 heterocycles. The number of ether oxygens (including phenoxy) is 1. The molecule has 1 aromatic heterocycles. The van der Waals surface area contributed by atoms with Crippen LogP contribution in [0, 0.1) is 18.3 Å². The largest absolute Gasteiger partial charge is 0.461 e. The summed E-state index contributed by atoms with van der Waals surface area (Å²) in [6.45, 7) is 8.92. The molecule has 4 unspecified atom stereocenters. The van der Waals surface area contributed by atoms with Crippen molar-refractivity contribution in [1.82, 2.24) is 0 Å². The van der Waals surface area contributed by atoms with Gasteiger partial charge in [0.05, 0.1) is 11.9 Å². The Bertz CT molecular complexity index is 754. The fourth-order valence-electron chi connectivity index (χ4n) is 4.39. The highest BCUT2D eigenvalue weighted by Crippen LogP contribution is 2.61. The van der Waals surface area contributed by atoms with Gasteiger partial charge >= 0.3 is 5.97 Å². The normalized spacial score (nSPS) is 35.1. The molecule has 5 nitrogen and oxygen atoms in total. The van der Waals surface area contributed by atoms with Gasteiger partial charge in [-0.3, -0.25) is 4.79 Å². The molecule has 0 aromatic carbocycles. The smallest absolute Gasteiger partial charge is 0.334 e. The zero-order valence-corrected chi connectivity index (χ0v) is 15.5. The molecule has 1 N–H and O–H groups in total. The van der Waals surface area contributed by atoms with Crippen molar-refractivity contribution >= 4 is 11.8 Å². The molecule has 0 aliphatic heterocycles. The lowest BCUT2D eigenvalue weighted by Crippen LogP contribution is -2.59. The third-order valence-corrected chi connectivity index (χ3v) is 6.39. The van der Waals surface area contributed by atoms with Crippen LogP contribution in [0.5, 0.6) is 0 Å². The van der Waals surface area contributed by atoms with Crippen LogP contribution in [0.4, 0.5) is 0 Å². The van der Waals surface area contributed by atoms with Gasteiger partial charge in [0.25, 0.3) is 0 Å². The summed E-state index contributed by atoms with van der Waals surface area (Å²) in [5.41, 5.74) is -0.159. The highest BCUT2D eigenvalue weighted by molar-refractivity contribution is 5.99. The first-order chi connectivity index (χ1) is 11.6. The second-order valence-corrected chi connectivity index (χ2v) is 7.78. The minimum absolute atomic E-state index is 0.0966. The molecule has 0 amide bonds. The second kappa shape index (κ2) is 5.84. The van der Waals surface area contributed by atoms with Gasteiger partial charge in [-0.1, -0.05) is 13.0 Å². The number of fused-ring (bicyclic) bond motifs is 2. The van der Waals surface area contributed by atoms with E-state index >= 15 is 0 Å². The summed E-state index contributed by atoms with van der Waals surface area (Å²) < 4.78 is 11.4. The van der Waals surface area contributed by atoms with E-state index in [1.165, 1.54) is 6.26 Å². The Morgan fingerprint density at radius 1 is 1.44 bits per heavy atom. The number of carbonyl (C=O) groups excluding carboxylic acids is 2. The Balaban J connectivity index is 2.19. The van der Waals surface area contributed by atoms with Gasteiger partial charge in [0, 0.05) is 22.5 Å². The van der Waals surface area contributed by atoms with Gasteiger partial charge in [-0.05, 0) is 52.5 Å². The summed E-state index contributed by atoms with van der Waals surface area (Å²) in [4.78, 5) is 25.5. The van der Waals surface area contributed by atoms with E-state index in [0.29, 0.717) is 24.0 Å². The Hall–Kier alpha value is -1.88. The fourth-order valence-corrected chi connectivity index (χ4v) is 4.39. The number of aryl methyl sites for hydroxylation is 1. The Kier molecular flexibility index (Phi) is 4.18. The average molecular weight is 346 g/mol. The molecule has 0 bridgehead atoms. The van der Waals surface area contributed by atoms with Crippen LogP contribution in [0.15, 0.2) is 22.3 Å². The monoisotopic (exact) mass is 346 g/mol. The van der Waals surface area contributed by atoms with Crippen molar-refractivity contribution in [1.29, 1.82) is 0 Å². The summed E-state index contributed by atoms with van der Waals surface area (Å²) in [5, 5.41) is 11.2. The molecule has 2 aliphatic rings. The van der Waals surface area contributed by atoms with Crippen molar-refractivity contribution in [3.8, 4) is 0 Å². The van der Waals surface area contributed by atoms with Crippen LogP contribution in [0.2, 0.25) is 0 Å². The van der Waals surface area contributed by atoms with E-state index in [9.17, 15) is 14.7 Å². The molecule has 1 saturated carbocycles. The molecule has 0 saturated heterocycles. The molecule has 25 heavy (non-hydrogen) atoms. The number of allylic oxidation sites excluding steroid dienone is 1. The molecular weight excluding hydrogens is 320 g/mol. The van der Waals surface area contributed by atoms with E-state index in [0.717, 1.165) is 12.0 Å². The van der Waals surface area contributed by atoms with Gasteiger partial charge < -0.3 is 14.3 Å². The van der Waals surface area contributed by atoms with Crippen LogP contribution >= 0.6 is 0 Å². The quantitative estimate of drug-likeness (QED) is 0.649. The summed E-state index contributed by atoms with van der Waals surface area (Å²) in [6, 6.07) is 0. The van der Waals surface area contributed by atoms with Crippen molar-refractivity contribution < 1.29 is 23.8 Å². The lowest BCUT2D eigenvalue weighted by molar-refractivity contribution is -0.194. The lowest BCUT2D eigenvalue weighted by Gasteiger charge is -2.55. The van der Waals surface area contributed by atoms with E-state index in [-0.39, 0.29) is 11.5 Å². The maximum absolute atomic E-state index is 13.0. The lowest BCUT2D eigenvalue weighted by atomic mass is 9.51. The van der Waals surface area contributed by atoms with Crippen molar-refractivity contribution in [2.75, 3.05) is 0 Å². The molecule has 136 valence electrons. The van der Waals surface area contributed by atoms with Gasteiger partial charge in [0.2, 0.25) is 5.78 Å². The highest BCUT2D eigenvalue weighted by Gasteiger charge is 2.63. The van der Waals surface area contributed by atoms with E-state index in [1.807, 2.05) is 13.8 Å². The molecule has 5 heteroatoms. The molecule has 3 rings (SSSR count). The zero-order chi connectivity index (χ0) is 18.6. The molecular formula is C20H26O5.